The molecule has 1 heterocycles. The Kier molecular flexibility index (Phi) is 4.25. The number of hydrogen-bond acceptors (Lipinski definition) is 2. The molecule has 2 rings (SSSR count). The lowest BCUT2D eigenvalue weighted by atomic mass is 9.85. The van der Waals surface area contributed by atoms with Crippen molar-refractivity contribution in [1.82, 2.24) is 5.32 Å². The molecule has 1 N–H and O–H groups in total. The molecule has 0 aromatic heterocycles. The molecule has 0 spiro atoms. The second kappa shape index (κ2) is 5.40. The fourth-order valence-corrected chi connectivity index (χ4v) is 2.97. The van der Waals surface area contributed by atoms with Crippen LogP contribution in [0.5, 0.6) is 0 Å². The van der Waals surface area contributed by atoms with E-state index in [0.717, 1.165) is 29.1 Å². The largest absolute Gasteiger partial charge is 0.368 e. The predicted molar refractivity (Wildman–Crippen MR) is 82.6 cm³/mol. The van der Waals surface area contributed by atoms with Gasteiger partial charge in [-0.05, 0) is 33.5 Å². The van der Waals surface area contributed by atoms with Crippen LogP contribution >= 0.6 is 27.5 Å². The predicted octanol–water partition coefficient (Wildman–Crippen LogP) is 3.93. The molecule has 1 aromatic carbocycles. The number of nitrogens with zero attached hydrogens (tertiary/aromatic N) is 1. The Morgan fingerprint density at radius 2 is 2.11 bits per heavy atom. The first-order valence-electron chi connectivity index (χ1n) is 6.32. The van der Waals surface area contributed by atoms with Crippen molar-refractivity contribution in [2.75, 3.05) is 24.5 Å². The highest BCUT2D eigenvalue weighted by atomic mass is 79.9. The van der Waals surface area contributed by atoms with Gasteiger partial charge in [0.15, 0.2) is 0 Å². The zero-order valence-corrected chi connectivity index (χ0v) is 13.5. The Balaban J connectivity index is 2.21. The zero-order valence-electron chi connectivity index (χ0n) is 11.1. The molecule has 4 heteroatoms. The maximum absolute atomic E-state index is 6.17. The first kappa shape index (κ1) is 14.2. The van der Waals surface area contributed by atoms with Gasteiger partial charge in [0.2, 0.25) is 0 Å². The number of piperazine rings is 1. The van der Waals surface area contributed by atoms with Gasteiger partial charge in [-0.2, -0.15) is 0 Å². The summed E-state index contributed by atoms with van der Waals surface area (Å²) in [5, 5.41) is 4.38. The summed E-state index contributed by atoms with van der Waals surface area (Å²) in [6.45, 7) is 9.89. The minimum Gasteiger partial charge on any atom is -0.368 e. The number of nitrogens with one attached hydrogen (secondary N) is 1. The van der Waals surface area contributed by atoms with E-state index in [1.54, 1.807) is 0 Å². The summed E-state index contributed by atoms with van der Waals surface area (Å²) in [6, 6.07) is 6.55. The molecule has 0 bridgehead atoms. The van der Waals surface area contributed by atoms with Crippen LogP contribution in [-0.4, -0.2) is 25.7 Å². The molecule has 100 valence electrons. The van der Waals surface area contributed by atoms with Crippen LogP contribution in [0.2, 0.25) is 5.02 Å². The van der Waals surface area contributed by atoms with Crippen LogP contribution in [0.25, 0.3) is 0 Å². The monoisotopic (exact) mass is 330 g/mol. The highest BCUT2D eigenvalue weighted by Gasteiger charge is 2.30. The fraction of sp³-hybridized carbons (Fsp3) is 0.571. The van der Waals surface area contributed by atoms with Gasteiger partial charge in [-0.1, -0.05) is 38.4 Å². The fourth-order valence-electron chi connectivity index (χ4n) is 2.29. The third-order valence-electron chi connectivity index (χ3n) is 3.49. The van der Waals surface area contributed by atoms with Crippen LogP contribution in [0.3, 0.4) is 0 Å². The third kappa shape index (κ3) is 3.01. The molecular formula is C14H20BrClN2. The maximum atomic E-state index is 6.17. The molecule has 1 aromatic rings. The van der Waals surface area contributed by atoms with Gasteiger partial charge in [0.05, 0.1) is 15.2 Å². The van der Waals surface area contributed by atoms with Crippen molar-refractivity contribution < 1.29 is 0 Å². The van der Waals surface area contributed by atoms with E-state index in [1.165, 1.54) is 5.69 Å². The first-order chi connectivity index (χ1) is 8.39. The number of benzene rings is 1. The average Bonchev–Trinajstić information content (AvgIpc) is 2.32. The zero-order chi connectivity index (χ0) is 13.3. The molecule has 2 nitrogen and oxygen atoms in total. The molecule has 1 aliphatic rings. The Labute approximate surface area is 123 Å². The minimum atomic E-state index is 0.268. The Morgan fingerprint density at radius 3 is 2.78 bits per heavy atom. The summed E-state index contributed by atoms with van der Waals surface area (Å²) >= 11 is 9.76. The lowest BCUT2D eigenvalue weighted by Gasteiger charge is -2.41. The molecule has 0 aliphatic carbocycles. The van der Waals surface area contributed by atoms with Gasteiger partial charge >= 0.3 is 0 Å². The van der Waals surface area contributed by atoms with Crippen molar-refractivity contribution in [2.45, 2.75) is 26.8 Å². The van der Waals surface area contributed by atoms with Gasteiger partial charge in [-0.25, -0.2) is 0 Å². The van der Waals surface area contributed by atoms with Crippen molar-refractivity contribution >= 4 is 33.2 Å². The van der Waals surface area contributed by atoms with Gasteiger partial charge in [-0.3, -0.25) is 0 Å². The van der Waals surface area contributed by atoms with E-state index < -0.39 is 0 Å². The Morgan fingerprint density at radius 1 is 1.39 bits per heavy atom. The molecule has 1 atom stereocenters. The summed E-state index contributed by atoms with van der Waals surface area (Å²) in [4.78, 5) is 2.41. The number of rotatable bonds is 1. The smallest absolute Gasteiger partial charge is 0.0595 e. The molecule has 1 unspecified atom stereocenters. The summed E-state index contributed by atoms with van der Waals surface area (Å²) in [5.41, 5.74) is 1.46. The van der Waals surface area contributed by atoms with E-state index in [1.807, 2.05) is 12.1 Å². The van der Waals surface area contributed by atoms with Crippen LogP contribution in [0, 0.1) is 5.41 Å². The van der Waals surface area contributed by atoms with Crippen LogP contribution in [-0.2, 0) is 0 Å². The lowest BCUT2D eigenvalue weighted by Crippen LogP contribution is -2.56. The maximum Gasteiger partial charge on any atom is 0.0595 e. The van der Waals surface area contributed by atoms with Crippen molar-refractivity contribution in [3.05, 3.63) is 27.7 Å². The molecular weight excluding hydrogens is 312 g/mol. The highest BCUT2D eigenvalue weighted by Crippen LogP contribution is 2.34. The van der Waals surface area contributed by atoms with Crippen molar-refractivity contribution in [1.29, 1.82) is 0 Å². The summed E-state index contributed by atoms with van der Waals surface area (Å²) < 4.78 is 1.00. The van der Waals surface area contributed by atoms with Gasteiger partial charge < -0.3 is 10.2 Å². The van der Waals surface area contributed by atoms with Crippen LogP contribution in [0.4, 0.5) is 5.69 Å². The van der Waals surface area contributed by atoms with E-state index in [9.17, 15) is 0 Å². The van der Waals surface area contributed by atoms with Crippen molar-refractivity contribution in [2.24, 2.45) is 5.41 Å². The Bertz CT molecular complexity index is 428. The molecule has 18 heavy (non-hydrogen) atoms. The summed E-state index contributed by atoms with van der Waals surface area (Å²) in [6.07, 6.45) is 0. The topological polar surface area (TPSA) is 15.3 Å². The van der Waals surface area contributed by atoms with E-state index in [4.69, 9.17) is 11.6 Å². The number of anilines is 1. The van der Waals surface area contributed by atoms with Crippen LogP contribution in [0.1, 0.15) is 20.8 Å². The van der Waals surface area contributed by atoms with E-state index in [2.05, 4.69) is 53.0 Å². The Hall–Kier alpha value is -0.250. The number of hydrogen-bond donors (Lipinski definition) is 1. The molecule has 1 fully saturated rings. The summed E-state index contributed by atoms with van der Waals surface area (Å²) in [5.74, 6) is 0. The quantitative estimate of drug-likeness (QED) is 0.839. The normalized spacial score (nSPS) is 21.2. The lowest BCUT2D eigenvalue weighted by molar-refractivity contribution is 0.254. The highest BCUT2D eigenvalue weighted by molar-refractivity contribution is 9.10. The molecule has 0 saturated carbocycles. The minimum absolute atomic E-state index is 0.268. The molecule has 0 amide bonds. The molecule has 1 saturated heterocycles. The van der Waals surface area contributed by atoms with Crippen molar-refractivity contribution in [3.8, 4) is 0 Å². The van der Waals surface area contributed by atoms with Crippen LogP contribution < -0.4 is 10.2 Å². The van der Waals surface area contributed by atoms with E-state index >= 15 is 0 Å². The van der Waals surface area contributed by atoms with Gasteiger partial charge in [0.1, 0.15) is 0 Å². The summed E-state index contributed by atoms with van der Waals surface area (Å²) in [7, 11) is 0. The molecule has 1 aliphatic heterocycles. The first-order valence-corrected chi connectivity index (χ1v) is 7.49. The molecule has 0 radical (unpaired) electrons. The second-order valence-electron chi connectivity index (χ2n) is 5.89. The standard InChI is InChI=1S/C14H20BrClN2/c1-14(2,3)12-9-18(8-7-17-12)11-6-4-5-10(16)13(11)15/h4-6,12,17H,7-9H2,1-3H3. The number of halogens is 2. The average molecular weight is 332 g/mol. The van der Waals surface area contributed by atoms with E-state index in [0.29, 0.717) is 6.04 Å². The SMILES string of the molecule is CC(C)(C)C1CN(c2cccc(Cl)c2Br)CCN1. The van der Waals surface area contributed by atoms with E-state index in [-0.39, 0.29) is 5.41 Å². The van der Waals surface area contributed by atoms with Crippen molar-refractivity contribution in [3.63, 3.8) is 0 Å². The van der Waals surface area contributed by atoms with Gasteiger partial charge in [-0.15, -0.1) is 0 Å². The van der Waals surface area contributed by atoms with Gasteiger partial charge in [0, 0.05) is 25.7 Å². The van der Waals surface area contributed by atoms with Gasteiger partial charge in [0.25, 0.3) is 0 Å². The van der Waals surface area contributed by atoms with Crippen LogP contribution in [0.15, 0.2) is 22.7 Å². The second-order valence-corrected chi connectivity index (χ2v) is 7.09. The third-order valence-corrected chi connectivity index (χ3v) is 4.87.